The molecule has 0 spiro atoms. The second kappa shape index (κ2) is 8.48. The predicted octanol–water partition coefficient (Wildman–Crippen LogP) is 1.98. The van der Waals surface area contributed by atoms with Gasteiger partial charge >= 0.3 is 0 Å². The number of hydrogen-bond acceptors (Lipinski definition) is 6. The standard InChI is InChI=1S/C21H24N2O6/c1-11(2)7-15(20(25)23-19-12(3)28-10-16(19)24)22-21(26)18-9-13-8-14(27-4)5-6-17(13)29-18/h5-6,8-9,12,15,19H,1,7,10H2,2-4H3,(H,22,26)(H,23,25)/t12-,15+,19+/m1/s1. The highest BCUT2D eigenvalue weighted by molar-refractivity contribution is 6.00. The number of fused-ring (bicyclic) bond motifs is 1. The van der Waals surface area contributed by atoms with E-state index in [-0.39, 0.29) is 24.6 Å². The van der Waals surface area contributed by atoms with Crippen molar-refractivity contribution in [1.82, 2.24) is 10.6 Å². The van der Waals surface area contributed by atoms with Crippen LogP contribution in [0.1, 0.15) is 30.8 Å². The maximum atomic E-state index is 12.7. The number of methoxy groups -OCH3 is 1. The Hall–Kier alpha value is -3.13. The van der Waals surface area contributed by atoms with Gasteiger partial charge in [-0.1, -0.05) is 5.57 Å². The molecule has 1 saturated heterocycles. The lowest BCUT2D eigenvalue weighted by Gasteiger charge is -2.21. The van der Waals surface area contributed by atoms with Gasteiger partial charge < -0.3 is 24.5 Å². The molecule has 0 saturated carbocycles. The fourth-order valence-electron chi connectivity index (χ4n) is 3.16. The second-order valence-electron chi connectivity index (χ2n) is 7.17. The summed E-state index contributed by atoms with van der Waals surface area (Å²) in [7, 11) is 1.55. The lowest BCUT2D eigenvalue weighted by Crippen LogP contribution is -2.53. The van der Waals surface area contributed by atoms with Crippen LogP contribution in [0.4, 0.5) is 0 Å². The number of ketones is 1. The number of furan rings is 1. The molecule has 0 radical (unpaired) electrons. The molecule has 8 nitrogen and oxygen atoms in total. The van der Waals surface area contributed by atoms with Crippen molar-refractivity contribution in [2.24, 2.45) is 0 Å². The predicted molar refractivity (Wildman–Crippen MR) is 106 cm³/mol. The molecule has 29 heavy (non-hydrogen) atoms. The Kier molecular flexibility index (Phi) is 6.03. The highest BCUT2D eigenvalue weighted by Gasteiger charge is 2.35. The van der Waals surface area contributed by atoms with Crippen molar-refractivity contribution in [2.75, 3.05) is 13.7 Å². The minimum Gasteiger partial charge on any atom is -0.497 e. The molecule has 2 heterocycles. The number of carbonyl (C=O) groups excluding carboxylic acids is 3. The number of hydrogen-bond donors (Lipinski definition) is 2. The summed E-state index contributed by atoms with van der Waals surface area (Å²) >= 11 is 0. The van der Waals surface area contributed by atoms with Gasteiger partial charge in [-0.15, -0.1) is 6.58 Å². The Morgan fingerprint density at radius 2 is 2.10 bits per heavy atom. The topological polar surface area (TPSA) is 107 Å². The monoisotopic (exact) mass is 400 g/mol. The van der Waals surface area contributed by atoms with Gasteiger partial charge in [0.15, 0.2) is 11.5 Å². The van der Waals surface area contributed by atoms with E-state index in [1.165, 1.54) is 0 Å². The van der Waals surface area contributed by atoms with Gasteiger partial charge in [0.1, 0.15) is 30.0 Å². The molecule has 1 aromatic heterocycles. The van der Waals surface area contributed by atoms with Gasteiger partial charge in [-0.05, 0) is 44.5 Å². The van der Waals surface area contributed by atoms with Gasteiger partial charge in [0.05, 0.1) is 13.2 Å². The van der Waals surface area contributed by atoms with E-state index in [9.17, 15) is 14.4 Å². The van der Waals surface area contributed by atoms with Crippen molar-refractivity contribution in [3.63, 3.8) is 0 Å². The van der Waals surface area contributed by atoms with E-state index in [0.717, 1.165) is 0 Å². The molecule has 3 atom stereocenters. The Labute approximate surface area is 168 Å². The minimum absolute atomic E-state index is 0.0356. The number of ether oxygens (including phenoxy) is 2. The molecule has 1 fully saturated rings. The highest BCUT2D eigenvalue weighted by atomic mass is 16.5. The van der Waals surface area contributed by atoms with Gasteiger partial charge in [-0.2, -0.15) is 0 Å². The molecule has 0 unspecified atom stereocenters. The summed E-state index contributed by atoms with van der Waals surface area (Å²) in [5.41, 5.74) is 1.24. The first kappa shape index (κ1) is 20.6. The summed E-state index contributed by atoms with van der Waals surface area (Å²) in [5.74, 6) is -0.500. The Morgan fingerprint density at radius 1 is 1.34 bits per heavy atom. The molecule has 1 aromatic carbocycles. The van der Waals surface area contributed by atoms with E-state index in [2.05, 4.69) is 17.2 Å². The summed E-state index contributed by atoms with van der Waals surface area (Å²) < 4.78 is 16.0. The first-order chi connectivity index (χ1) is 13.8. The maximum absolute atomic E-state index is 12.7. The van der Waals surface area contributed by atoms with E-state index in [0.29, 0.717) is 22.3 Å². The molecule has 2 aromatic rings. The quantitative estimate of drug-likeness (QED) is 0.689. The molecule has 154 valence electrons. The van der Waals surface area contributed by atoms with Gasteiger partial charge in [0.25, 0.3) is 5.91 Å². The van der Waals surface area contributed by atoms with E-state index in [1.807, 2.05) is 0 Å². The van der Waals surface area contributed by atoms with Crippen molar-refractivity contribution in [2.45, 2.75) is 38.5 Å². The van der Waals surface area contributed by atoms with Crippen molar-refractivity contribution >= 4 is 28.6 Å². The molecular weight excluding hydrogens is 376 g/mol. The van der Waals surface area contributed by atoms with E-state index in [1.54, 1.807) is 45.2 Å². The molecule has 2 amide bonds. The SMILES string of the molecule is C=C(C)C[C@H](NC(=O)c1cc2cc(OC)ccc2o1)C(=O)N[C@@H]1C(=O)CO[C@@H]1C. The Bertz CT molecular complexity index is 963. The molecule has 1 aliphatic rings. The zero-order valence-corrected chi connectivity index (χ0v) is 16.6. The molecule has 2 N–H and O–H groups in total. The van der Waals surface area contributed by atoms with Crippen LogP contribution in [0.15, 0.2) is 40.8 Å². The molecule has 0 aliphatic carbocycles. The van der Waals surface area contributed by atoms with Crippen LogP contribution in [0.25, 0.3) is 11.0 Å². The third-order valence-corrected chi connectivity index (χ3v) is 4.72. The zero-order chi connectivity index (χ0) is 21.1. The van der Waals surface area contributed by atoms with Crippen LogP contribution in [-0.4, -0.2) is 49.5 Å². The summed E-state index contributed by atoms with van der Waals surface area (Å²) in [6.07, 6.45) is -0.195. The molecule has 1 aliphatic heterocycles. The highest BCUT2D eigenvalue weighted by Crippen LogP contribution is 2.24. The van der Waals surface area contributed by atoms with Gasteiger partial charge in [-0.3, -0.25) is 14.4 Å². The zero-order valence-electron chi connectivity index (χ0n) is 16.6. The van der Waals surface area contributed by atoms with E-state index in [4.69, 9.17) is 13.9 Å². The lowest BCUT2D eigenvalue weighted by atomic mass is 10.1. The summed E-state index contributed by atoms with van der Waals surface area (Å²) in [6, 6.07) is 5.14. The number of nitrogens with one attached hydrogen (secondary N) is 2. The van der Waals surface area contributed by atoms with E-state index < -0.39 is 30.0 Å². The lowest BCUT2D eigenvalue weighted by molar-refractivity contribution is -0.127. The van der Waals surface area contributed by atoms with Crippen LogP contribution < -0.4 is 15.4 Å². The van der Waals surface area contributed by atoms with Crippen molar-refractivity contribution < 1.29 is 28.3 Å². The fraction of sp³-hybridized carbons (Fsp3) is 0.381. The number of rotatable bonds is 7. The number of carbonyl (C=O) groups is 3. The van der Waals surface area contributed by atoms with Crippen LogP contribution in [0.5, 0.6) is 5.75 Å². The summed E-state index contributed by atoms with van der Waals surface area (Å²) in [5, 5.41) is 6.04. The average molecular weight is 400 g/mol. The van der Waals surface area contributed by atoms with E-state index >= 15 is 0 Å². The van der Waals surface area contributed by atoms with Crippen LogP contribution >= 0.6 is 0 Å². The Balaban J connectivity index is 1.75. The van der Waals surface area contributed by atoms with Crippen LogP contribution in [0.3, 0.4) is 0 Å². The third-order valence-electron chi connectivity index (χ3n) is 4.72. The van der Waals surface area contributed by atoms with Crippen molar-refractivity contribution in [3.05, 3.63) is 42.2 Å². The van der Waals surface area contributed by atoms with Crippen LogP contribution in [0.2, 0.25) is 0 Å². The smallest absolute Gasteiger partial charge is 0.287 e. The normalized spacial score (nSPS) is 19.8. The largest absolute Gasteiger partial charge is 0.497 e. The fourth-order valence-corrected chi connectivity index (χ4v) is 3.16. The van der Waals surface area contributed by atoms with Crippen LogP contribution in [0, 0.1) is 0 Å². The minimum atomic E-state index is -0.900. The maximum Gasteiger partial charge on any atom is 0.287 e. The number of Topliss-reactive ketones (excluding diaryl/α,β-unsaturated/α-hetero) is 1. The van der Waals surface area contributed by atoms with Gasteiger partial charge in [-0.25, -0.2) is 0 Å². The average Bonchev–Trinajstić information content (AvgIpc) is 3.24. The van der Waals surface area contributed by atoms with Gasteiger partial charge in [0, 0.05) is 5.39 Å². The van der Waals surface area contributed by atoms with Crippen molar-refractivity contribution in [3.8, 4) is 5.75 Å². The van der Waals surface area contributed by atoms with Crippen molar-refractivity contribution in [1.29, 1.82) is 0 Å². The second-order valence-corrected chi connectivity index (χ2v) is 7.17. The molecule has 3 rings (SSSR count). The molecule has 8 heteroatoms. The third kappa shape index (κ3) is 4.65. The number of amides is 2. The molecular formula is C21H24N2O6. The first-order valence-corrected chi connectivity index (χ1v) is 9.26. The van der Waals surface area contributed by atoms with Crippen LogP contribution in [-0.2, 0) is 14.3 Å². The summed E-state index contributed by atoms with van der Waals surface area (Å²) in [4.78, 5) is 37.3. The summed E-state index contributed by atoms with van der Waals surface area (Å²) in [6.45, 7) is 7.25. The molecule has 0 bridgehead atoms. The number of benzene rings is 1. The first-order valence-electron chi connectivity index (χ1n) is 9.26. The Morgan fingerprint density at radius 3 is 2.72 bits per heavy atom. The van der Waals surface area contributed by atoms with Gasteiger partial charge in [0.2, 0.25) is 5.91 Å².